The van der Waals surface area contributed by atoms with Crippen LogP contribution in [0.25, 0.3) is 0 Å². The highest BCUT2D eigenvalue weighted by Gasteiger charge is 2.11. The van der Waals surface area contributed by atoms with Crippen LogP contribution in [0.15, 0.2) is 38.8 Å². The van der Waals surface area contributed by atoms with Gasteiger partial charge >= 0.3 is 0 Å². The maximum Gasteiger partial charge on any atom is 0.261 e. The Bertz CT molecular complexity index is 515. The number of hydrogen-bond donors (Lipinski definition) is 1. The van der Waals surface area contributed by atoms with Crippen LogP contribution in [-0.4, -0.2) is 11.0 Å². The fourth-order valence-electron chi connectivity index (χ4n) is 1.70. The van der Waals surface area contributed by atoms with Gasteiger partial charge in [-0.3, -0.25) is 0 Å². The van der Waals surface area contributed by atoms with E-state index < -0.39 is 0 Å². The van der Waals surface area contributed by atoms with Crippen molar-refractivity contribution >= 4 is 11.8 Å². The van der Waals surface area contributed by atoms with E-state index in [4.69, 9.17) is 10.2 Å². The van der Waals surface area contributed by atoms with E-state index in [9.17, 15) is 0 Å². The van der Waals surface area contributed by atoms with Crippen LogP contribution < -0.4 is 5.73 Å². The predicted molar refractivity (Wildman–Crippen MR) is 73.9 cm³/mol. The van der Waals surface area contributed by atoms with Crippen LogP contribution in [0.5, 0.6) is 0 Å². The van der Waals surface area contributed by atoms with Crippen molar-refractivity contribution in [2.45, 2.75) is 43.4 Å². The minimum atomic E-state index is 0.153. The van der Waals surface area contributed by atoms with E-state index in [1.165, 1.54) is 5.56 Å². The van der Waals surface area contributed by atoms with Gasteiger partial charge in [0, 0.05) is 10.9 Å². The molecule has 0 aliphatic carbocycles. The van der Waals surface area contributed by atoms with Gasteiger partial charge in [-0.15, -0.1) is 0 Å². The second-order valence-corrected chi connectivity index (χ2v) is 5.51. The molecule has 0 saturated heterocycles. The molecule has 1 atom stereocenters. The molecule has 2 N–H and O–H groups in total. The molecule has 3 nitrogen and oxygen atoms in total. The van der Waals surface area contributed by atoms with E-state index in [1.807, 2.05) is 32.9 Å². The lowest BCUT2D eigenvalue weighted by molar-refractivity contribution is 0.431. The summed E-state index contributed by atoms with van der Waals surface area (Å²) >= 11 is 1.56. The molecule has 0 bridgehead atoms. The van der Waals surface area contributed by atoms with E-state index in [0.717, 1.165) is 22.8 Å². The lowest BCUT2D eigenvalue weighted by Crippen LogP contribution is -2.18. The van der Waals surface area contributed by atoms with Crippen molar-refractivity contribution in [3.63, 3.8) is 0 Å². The average Bonchev–Trinajstić information content (AvgIpc) is 2.60. The zero-order chi connectivity index (χ0) is 13.1. The maximum atomic E-state index is 5.87. The molecular weight excluding hydrogens is 244 g/mol. The van der Waals surface area contributed by atoms with Gasteiger partial charge in [0.05, 0.1) is 5.69 Å². The molecule has 0 amide bonds. The number of hydrogen-bond acceptors (Lipinski definition) is 4. The Kier molecular flexibility index (Phi) is 4.09. The van der Waals surface area contributed by atoms with E-state index in [2.05, 4.69) is 17.1 Å². The lowest BCUT2D eigenvalue weighted by Gasteiger charge is -2.09. The fraction of sp³-hybridized carbons (Fsp3) is 0.357. The summed E-state index contributed by atoms with van der Waals surface area (Å²) in [5.41, 5.74) is 8.05. The number of benzene rings is 1. The van der Waals surface area contributed by atoms with Gasteiger partial charge in [0.1, 0.15) is 5.76 Å². The molecule has 0 aliphatic heterocycles. The standard InChI is InChI=1S/C14H18N2OS/c1-9(15)8-12-6-4-5-7-13(12)18-14-16-10(2)11(3)17-14/h4-7,9H,8,15H2,1-3H3. The summed E-state index contributed by atoms with van der Waals surface area (Å²) in [6, 6.07) is 8.40. The molecule has 0 saturated carbocycles. The molecule has 1 heterocycles. The molecule has 2 aromatic rings. The van der Waals surface area contributed by atoms with E-state index in [0.29, 0.717) is 5.22 Å². The van der Waals surface area contributed by atoms with Crippen LogP contribution in [0, 0.1) is 13.8 Å². The van der Waals surface area contributed by atoms with Crippen LogP contribution in [-0.2, 0) is 6.42 Å². The lowest BCUT2D eigenvalue weighted by atomic mass is 10.1. The first-order chi connectivity index (χ1) is 8.56. The Labute approximate surface area is 112 Å². The second kappa shape index (κ2) is 5.59. The minimum absolute atomic E-state index is 0.153. The SMILES string of the molecule is Cc1nc(Sc2ccccc2CC(C)N)oc1C. The van der Waals surface area contributed by atoms with Crippen molar-refractivity contribution < 1.29 is 4.42 Å². The Hall–Kier alpha value is -1.26. The zero-order valence-electron chi connectivity index (χ0n) is 10.9. The number of nitrogens with zero attached hydrogens (tertiary/aromatic N) is 1. The monoisotopic (exact) mass is 262 g/mol. The van der Waals surface area contributed by atoms with Crippen molar-refractivity contribution in [3.8, 4) is 0 Å². The number of aryl methyl sites for hydroxylation is 2. The molecule has 0 aliphatic rings. The van der Waals surface area contributed by atoms with Crippen LogP contribution in [0.3, 0.4) is 0 Å². The second-order valence-electron chi connectivity index (χ2n) is 4.51. The average molecular weight is 262 g/mol. The zero-order valence-corrected chi connectivity index (χ0v) is 11.8. The van der Waals surface area contributed by atoms with Crippen molar-refractivity contribution in [1.82, 2.24) is 4.98 Å². The number of oxazole rings is 1. The summed E-state index contributed by atoms with van der Waals surface area (Å²) in [6.07, 6.45) is 0.863. The Morgan fingerprint density at radius 2 is 2.06 bits per heavy atom. The first-order valence-corrected chi connectivity index (χ1v) is 6.83. The molecule has 0 fully saturated rings. The number of rotatable bonds is 4. The van der Waals surface area contributed by atoms with Gasteiger partial charge in [-0.05, 0) is 50.6 Å². The highest BCUT2D eigenvalue weighted by Crippen LogP contribution is 2.31. The maximum absolute atomic E-state index is 5.87. The van der Waals surface area contributed by atoms with Crippen molar-refractivity contribution in [2.75, 3.05) is 0 Å². The first kappa shape index (κ1) is 13.2. The van der Waals surface area contributed by atoms with Crippen LogP contribution >= 0.6 is 11.8 Å². The predicted octanol–water partition coefficient (Wildman–Crippen LogP) is 3.33. The van der Waals surface area contributed by atoms with Crippen molar-refractivity contribution in [1.29, 1.82) is 0 Å². The topological polar surface area (TPSA) is 52.0 Å². The number of aromatic nitrogens is 1. The molecule has 0 spiro atoms. The van der Waals surface area contributed by atoms with Gasteiger partial charge in [0.25, 0.3) is 5.22 Å². The fourth-order valence-corrected chi connectivity index (χ4v) is 2.67. The van der Waals surface area contributed by atoms with Crippen LogP contribution in [0.4, 0.5) is 0 Å². The van der Waals surface area contributed by atoms with Crippen molar-refractivity contribution in [3.05, 3.63) is 41.3 Å². The van der Waals surface area contributed by atoms with Gasteiger partial charge in [-0.1, -0.05) is 18.2 Å². The minimum Gasteiger partial charge on any atom is -0.436 e. The molecule has 1 unspecified atom stereocenters. The van der Waals surface area contributed by atoms with Gasteiger partial charge in [0.15, 0.2) is 0 Å². The Balaban J connectivity index is 2.23. The third-order valence-corrected chi connectivity index (χ3v) is 3.69. The van der Waals surface area contributed by atoms with Gasteiger partial charge in [0.2, 0.25) is 0 Å². The Morgan fingerprint density at radius 1 is 1.33 bits per heavy atom. The van der Waals surface area contributed by atoms with Crippen molar-refractivity contribution in [2.24, 2.45) is 5.73 Å². The van der Waals surface area contributed by atoms with Crippen LogP contribution in [0.2, 0.25) is 0 Å². The summed E-state index contributed by atoms with van der Waals surface area (Å²) in [5.74, 6) is 0.877. The van der Waals surface area contributed by atoms with Gasteiger partial charge in [-0.25, -0.2) is 4.98 Å². The summed E-state index contributed by atoms with van der Waals surface area (Å²) in [5, 5.41) is 0.696. The molecule has 1 aromatic carbocycles. The molecule has 18 heavy (non-hydrogen) atoms. The highest BCUT2D eigenvalue weighted by atomic mass is 32.2. The van der Waals surface area contributed by atoms with Gasteiger partial charge < -0.3 is 10.2 Å². The molecule has 96 valence electrons. The van der Waals surface area contributed by atoms with E-state index in [1.54, 1.807) is 11.8 Å². The molecular formula is C14H18N2OS. The summed E-state index contributed by atoms with van der Waals surface area (Å²) in [4.78, 5) is 5.55. The van der Waals surface area contributed by atoms with Gasteiger partial charge in [-0.2, -0.15) is 0 Å². The summed E-state index contributed by atoms with van der Waals surface area (Å²) in [6.45, 7) is 5.90. The number of nitrogens with two attached hydrogens (primary N) is 1. The molecule has 0 radical (unpaired) electrons. The third-order valence-electron chi connectivity index (χ3n) is 2.72. The molecule has 4 heteroatoms. The van der Waals surface area contributed by atoms with E-state index >= 15 is 0 Å². The molecule has 2 rings (SSSR count). The third kappa shape index (κ3) is 3.15. The normalized spacial score (nSPS) is 12.7. The smallest absolute Gasteiger partial charge is 0.261 e. The highest BCUT2D eigenvalue weighted by molar-refractivity contribution is 7.99. The summed E-state index contributed by atoms with van der Waals surface area (Å²) in [7, 11) is 0. The molecule has 1 aromatic heterocycles. The van der Waals surface area contributed by atoms with Crippen LogP contribution in [0.1, 0.15) is 23.9 Å². The Morgan fingerprint density at radius 3 is 2.67 bits per heavy atom. The summed E-state index contributed by atoms with van der Waals surface area (Å²) < 4.78 is 5.60. The largest absolute Gasteiger partial charge is 0.436 e. The first-order valence-electron chi connectivity index (χ1n) is 6.01. The quantitative estimate of drug-likeness (QED) is 0.918. The van der Waals surface area contributed by atoms with E-state index in [-0.39, 0.29) is 6.04 Å².